The van der Waals surface area contributed by atoms with Crippen LogP contribution in [0, 0.1) is 11.3 Å². The predicted molar refractivity (Wildman–Crippen MR) is 269 cm³/mol. The average molecular weight is 984 g/mol. The lowest BCUT2D eigenvalue weighted by atomic mass is 9.84. The van der Waals surface area contributed by atoms with E-state index < -0.39 is 46.5 Å². The number of carbonyl (C=O) groups is 5. The topological polar surface area (TPSA) is 180 Å². The maximum Gasteiger partial charge on any atom is 0.323 e. The Morgan fingerprint density at radius 3 is 2.59 bits per heavy atom. The molecule has 1 aromatic carbocycles. The Kier molecular flexibility index (Phi) is 15.1. The molecule has 0 aliphatic carbocycles. The van der Waals surface area contributed by atoms with Gasteiger partial charge in [-0.25, -0.2) is 10.2 Å². The summed E-state index contributed by atoms with van der Waals surface area (Å²) in [5.74, 6) is -1.86. The van der Waals surface area contributed by atoms with Crippen molar-refractivity contribution >= 4 is 56.6 Å². The van der Waals surface area contributed by atoms with E-state index in [9.17, 15) is 24.0 Å². The second-order valence-electron chi connectivity index (χ2n) is 21.0. The summed E-state index contributed by atoms with van der Waals surface area (Å²) < 4.78 is 26.9. The van der Waals surface area contributed by atoms with Crippen LogP contribution in [0.3, 0.4) is 0 Å². The number of rotatable bonds is 9. The van der Waals surface area contributed by atoms with Crippen molar-refractivity contribution in [2.75, 3.05) is 78.1 Å². The van der Waals surface area contributed by atoms with Crippen molar-refractivity contribution in [1.82, 2.24) is 40.0 Å². The van der Waals surface area contributed by atoms with Crippen LogP contribution in [0.1, 0.15) is 78.2 Å². The van der Waals surface area contributed by atoms with Crippen molar-refractivity contribution in [3.8, 4) is 11.3 Å². The molecule has 6 bridgehead atoms. The molecular weight excluding hydrogens is 911 g/mol. The fraction of sp³-hybridized carbons (Fsp3) is 0.608. The zero-order valence-electron chi connectivity index (χ0n) is 42.5. The Bertz CT molecular complexity index is 2480. The van der Waals surface area contributed by atoms with Crippen LogP contribution in [0.2, 0.25) is 0 Å². The lowest BCUT2D eigenvalue weighted by Crippen LogP contribution is -2.68. The monoisotopic (exact) mass is 984 g/mol. The van der Waals surface area contributed by atoms with Gasteiger partial charge in [0, 0.05) is 104 Å². The van der Waals surface area contributed by atoms with Gasteiger partial charge >= 0.3 is 12.0 Å². The molecule has 7 heterocycles. The Hall–Kier alpha value is -5.34. The number of hydrogen-bond donors (Lipinski definition) is 2. The van der Waals surface area contributed by atoms with Crippen LogP contribution >= 0.6 is 0 Å². The minimum absolute atomic E-state index is 0.139. The molecule has 19 heteroatoms. The summed E-state index contributed by atoms with van der Waals surface area (Å²) in [7, 11) is 3.63. The van der Waals surface area contributed by atoms with E-state index in [0.717, 1.165) is 39.1 Å². The van der Waals surface area contributed by atoms with Crippen molar-refractivity contribution in [2.45, 2.75) is 115 Å². The maximum absolute atomic E-state index is 15.0. The normalized spacial score (nSPS) is 26.1. The number of nitrogens with zero attached hydrogens (tertiary/aromatic N) is 7. The number of nitrogens with one attached hydrogen (secondary N) is 2. The minimum atomic E-state index is -1.10. The van der Waals surface area contributed by atoms with E-state index in [1.165, 1.54) is 16.0 Å². The Labute approximate surface area is 414 Å². The molecule has 2 N–H and O–H groups in total. The number of hydrogen-bond acceptors (Lipinski definition) is 12. The summed E-state index contributed by atoms with van der Waals surface area (Å²) in [6.45, 7) is 19.7. The van der Waals surface area contributed by atoms with Crippen molar-refractivity contribution in [2.24, 2.45) is 11.3 Å². The third-order valence-corrected chi connectivity index (χ3v) is 16.1. The first-order valence-corrected chi connectivity index (χ1v) is 26.0. The second kappa shape index (κ2) is 20.8. The molecule has 2 aromatic heterocycles. The maximum atomic E-state index is 15.0. The number of cyclic esters (lactones) is 1. The van der Waals surface area contributed by atoms with Crippen LogP contribution < -0.4 is 15.6 Å². The predicted octanol–water partition coefficient (Wildman–Crippen LogP) is 3.00. The molecule has 18 nitrogen and oxygen atoms in total. The number of anilines is 1. The van der Waals surface area contributed by atoms with E-state index in [-0.39, 0.29) is 62.2 Å². The number of fused-ring (bicyclic) bond motifs is 7. The summed E-state index contributed by atoms with van der Waals surface area (Å²) in [6.07, 6.45) is 3.76. The standard InChI is InChI=1S/C51H73N9O9Si/c1-10-42(61)59-21-23-68-41-29-57(28-40(41)59)49(65)55(8)44(31(3)4)46(62)53-38-25-34-27-56(20-22-67-34)33-15-16-39-36(24-33)37(45(58(39)11-2)35-14-12-18-52-43(35)32(5)66-9)26-50(6,7)30-69-48(64)51(70)17-13-19-60(54-51)47(38)63/h10,12,14-16,18,24,31-32,34,38,40-41,44,54H,1,11,13,17,19-23,25-30H2,2-9,70H3,(H,53,62)/t32-,34-,38-,40+,41-,44-,51-/m0/s1. The summed E-state index contributed by atoms with van der Waals surface area (Å²) in [5.41, 5.74) is 8.88. The number of esters is 1. The first-order valence-electron chi connectivity index (χ1n) is 25.0. The van der Waals surface area contributed by atoms with Crippen LogP contribution in [-0.2, 0) is 51.1 Å². The zero-order valence-corrected chi connectivity index (χ0v) is 44.5. The number of urea groups is 1. The van der Waals surface area contributed by atoms with Crippen LogP contribution in [0.25, 0.3) is 22.2 Å². The molecule has 0 spiro atoms. The highest BCUT2D eigenvalue weighted by atomic mass is 28.1. The van der Waals surface area contributed by atoms with Gasteiger partial charge in [0.2, 0.25) is 11.8 Å². The van der Waals surface area contributed by atoms with Gasteiger partial charge in [0.25, 0.3) is 5.91 Å². The molecule has 0 unspecified atom stereocenters. The molecule has 0 radical (unpaired) electrons. The van der Waals surface area contributed by atoms with Gasteiger partial charge < -0.3 is 48.4 Å². The third kappa shape index (κ3) is 10.1. The van der Waals surface area contributed by atoms with Gasteiger partial charge in [0.1, 0.15) is 17.2 Å². The lowest BCUT2D eigenvalue weighted by molar-refractivity contribution is -0.158. The van der Waals surface area contributed by atoms with Crippen molar-refractivity contribution < 1.29 is 42.9 Å². The number of aromatic nitrogens is 2. The number of pyridine rings is 1. The Morgan fingerprint density at radius 2 is 1.86 bits per heavy atom. The van der Waals surface area contributed by atoms with Crippen LogP contribution in [0.4, 0.5) is 10.5 Å². The van der Waals surface area contributed by atoms with Gasteiger partial charge in [-0.15, -0.1) is 0 Å². The number of likely N-dealkylation sites (N-methyl/N-ethyl adjacent to an activating group) is 1. The van der Waals surface area contributed by atoms with Gasteiger partial charge in [-0.3, -0.25) is 29.2 Å². The van der Waals surface area contributed by atoms with E-state index >= 15 is 0 Å². The van der Waals surface area contributed by atoms with E-state index in [1.54, 1.807) is 30.2 Å². The number of benzene rings is 1. The molecule has 0 saturated carbocycles. The van der Waals surface area contributed by atoms with E-state index in [1.807, 2.05) is 26.8 Å². The molecular formula is C51H73N9O9Si. The summed E-state index contributed by atoms with van der Waals surface area (Å²) >= 11 is 0. The highest BCUT2D eigenvalue weighted by Crippen LogP contribution is 2.42. The molecule has 70 heavy (non-hydrogen) atoms. The Morgan fingerprint density at radius 1 is 1.09 bits per heavy atom. The van der Waals surface area contributed by atoms with Crippen molar-refractivity contribution in [3.63, 3.8) is 0 Å². The number of hydrazine groups is 1. The molecule has 5 amide bonds. The van der Waals surface area contributed by atoms with E-state index in [4.69, 9.17) is 23.9 Å². The van der Waals surface area contributed by atoms with Crippen LogP contribution in [0.15, 0.2) is 49.2 Å². The van der Waals surface area contributed by atoms with Gasteiger partial charge in [-0.05, 0) is 81.0 Å². The fourth-order valence-corrected chi connectivity index (χ4v) is 12.0. The fourth-order valence-electron chi connectivity index (χ4n) is 11.3. The first-order chi connectivity index (χ1) is 33.4. The number of carbonyl (C=O) groups excluding carboxylic acids is 5. The quantitative estimate of drug-likeness (QED) is 0.182. The van der Waals surface area contributed by atoms with Crippen molar-refractivity contribution in [1.29, 1.82) is 0 Å². The average Bonchev–Trinajstić information content (AvgIpc) is 3.92. The van der Waals surface area contributed by atoms with Crippen LogP contribution in [-0.4, -0.2) is 178 Å². The number of amides is 5. The molecule has 8 rings (SSSR count). The number of likely N-dealkylation sites (tertiary alicyclic amines) is 1. The zero-order chi connectivity index (χ0) is 50.2. The molecule has 7 atom stereocenters. The van der Waals surface area contributed by atoms with Crippen molar-refractivity contribution in [3.05, 3.63) is 60.4 Å². The van der Waals surface area contributed by atoms with Gasteiger partial charge in [-0.1, -0.05) is 34.3 Å². The van der Waals surface area contributed by atoms with Gasteiger partial charge in [0.05, 0.1) is 62.1 Å². The minimum Gasteiger partial charge on any atom is -0.464 e. The lowest BCUT2D eigenvalue weighted by Gasteiger charge is -2.42. The van der Waals surface area contributed by atoms with Gasteiger partial charge in [0.15, 0.2) is 0 Å². The molecule has 4 saturated heterocycles. The number of ether oxygens (including phenoxy) is 4. The van der Waals surface area contributed by atoms with Gasteiger partial charge in [-0.2, -0.15) is 0 Å². The highest BCUT2D eigenvalue weighted by molar-refractivity contribution is 6.27. The second-order valence-corrected chi connectivity index (χ2v) is 22.7. The number of morpholine rings is 2. The third-order valence-electron chi connectivity index (χ3n) is 15.0. The number of methoxy groups -OCH3 is 1. The summed E-state index contributed by atoms with van der Waals surface area (Å²) in [6, 6.07) is 7.88. The summed E-state index contributed by atoms with van der Waals surface area (Å²) in [4.78, 5) is 82.9. The van der Waals surface area contributed by atoms with E-state index in [0.29, 0.717) is 75.4 Å². The first kappa shape index (κ1) is 51.0. The molecule has 380 valence electrons. The molecule has 4 fully saturated rings. The molecule has 5 aliphatic heterocycles. The summed E-state index contributed by atoms with van der Waals surface area (Å²) in [5, 5.41) is 4.56. The SMILES string of the molecule is C=CC(=O)N1CCO[C@H]2CN(C(=O)N(C)[C@H](C(=O)N[C@H]3C[C@H]4CN(CCO4)c4ccc5c(c4)c(c(-c4cccnc4[C@H](C)OC)n5CC)CC(C)(C)COC(=O)[C@@]4([SiH3])CCCN(N4)C3=O)C(C)C)C[C@H]21. The molecule has 5 aliphatic rings. The molecule has 3 aromatic rings. The number of aryl methyl sites for hydroxylation is 1. The highest BCUT2D eigenvalue weighted by Gasteiger charge is 2.47. The Balaban J connectivity index is 1.13. The largest absolute Gasteiger partial charge is 0.464 e. The van der Waals surface area contributed by atoms with Crippen LogP contribution in [0.5, 0.6) is 0 Å². The van der Waals surface area contributed by atoms with E-state index in [2.05, 4.69) is 71.8 Å². The smallest absolute Gasteiger partial charge is 0.323 e.